The highest BCUT2D eigenvalue weighted by atomic mass is 35.5. The molecule has 0 saturated carbocycles. The molecule has 4 aromatic rings. The highest BCUT2D eigenvalue weighted by Gasteiger charge is 2.26. The maximum absolute atomic E-state index is 13.7. The van der Waals surface area contributed by atoms with Crippen molar-refractivity contribution in [3.05, 3.63) is 80.6 Å². The number of aryl methyl sites for hydroxylation is 2. The first kappa shape index (κ1) is 24.3. The quantitative estimate of drug-likeness (QED) is 0.382. The number of pyridine rings is 1. The molecule has 1 aliphatic rings. The molecule has 2 atom stereocenters. The number of ether oxygens (including phenoxy) is 2. The van der Waals surface area contributed by atoms with Gasteiger partial charge in [-0.2, -0.15) is 0 Å². The second-order valence-electron chi connectivity index (χ2n) is 9.22. The lowest BCUT2D eigenvalue weighted by molar-refractivity contribution is -0.00817. The molecule has 36 heavy (non-hydrogen) atoms. The van der Waals surface area contributed by atoms with E-state index >= 15 is 0 Å². The van der Waals surface area contributed by atoms with Gasteiger partial charge in [0.05, 0.1) is 30.3 Å². The molecule has 0 radical (unpaired) electrons. The SMILES string of the molecule is COc1ccc(CC2CC(Cc3nc4nc(C)c(C)nc4n(-c4ccc(Cl)cc4)c3=O)CCO2)cn1. The average molecular weight is 506 g/mol. The first-order valence-corrected chi connectivity index (χ1v) is 12.4. The first-order valence-electron chi connectivity index (χ1n) is 12.0. The van der Waals surface area contributed by atoms with Crippen LogP contribution in [0, 0.1) is 19.8 Å². The van der Waals surface area contributed by atoms with Gasteiger partial charge in [-0.25, -0.2) is 19.9 Å². The molecular weight excluding hydrogens is 478 g/mol. The zero-order valence-corrected chi connectivity index (χ0v) is 21.3. The van der Waals surface area contributed by atoms with E-state index in [0.717, 1.165) is 36.2 Å². The molecule has 9 heteroatoms. The third-order valence-corrected chi connectivity index (χ3v) is 6.94. The molecule has 0 spiro atoms. The van der Waals surface area contributed by atoms with Gasteiger partial charge in [-0.1, -0.05) is 17.7 Å². The molecule has 186 valence electrons. The molecule has 1 aliphatic heterocycles. The van der Waals surface area contributed by atoms with Crippen LogP contribution in [0.4, 0.5) is 0 Å². The second-order valence-corrected chi connectivity index (χ2v) is 9.65. The minimum atomic E-state index is -0.176. The molecule has 0 N–H and O–H groups in total. The Bertz CT molecular complexity index is 1440. The van der Waals surface area contributed by atoms with Crippen LogP contribution in [0.3, 0.4) is 0 Å². The fourth-order valence-electron chi connectivity index (χ4n) is 4.64. The number of fused-ring (bicyclic) bond motifs is 1. The normalized spacial score (nSPS) is 17.9. The molecule has 0 aliphatic carbocycles. The van der Waals surface area contributed by atoms with E-state index in [1.54, 1.807) is 23.8 Å². The van der Waals surface area contributed by atoms with Gasteiger partial charge in [-0.15, -0.1) is 0 Å². The molecule has 4 heterocycles. The van der Waals surface area contributed by atoms with Crippen molar-refractivity contribution < 1.29 is 9.47 Å². The third-order valence-electron chi connectivity index (χ3n) is 6.69. The predicted molar refractivity (Wildman–Crippen MR) is 138 cm³/mol. The summed E-state index contributed by atoms with van der Waals surface area (Å²) in [6, 6.07) is 11.0. The van der Waals surface area contributed by atoms with E-state index in [2.05, 4.69) is 15.0 Å². The fourth-order valence-corrected chi connectivity index (χ4v) is 4.77. The van der Waals surface area contributed by atoms with Gasteiger partial charge >= 0.3 is 0 Å². The van der Waals surface area contributed by atoms with Crippen LogP contribution in [0.2, 0.25) is 5.02 Å². The van der Waals surface area contributed by atoms with Crippen LogP contribution in [-0.2, 0) is 17.6 Å². The summed E-state index contributed by atoms with van der Waals surface area (Å²) in [5.41, 5.74) is 4.57. The molecule has 0 amide bonds. The Balaban J connectivity index is 1.45. The smallest absolute Gasteiger partial charge is 0.278 e. The Hall–Kier alpha value is -3.36. The first-order chi connectivity index (χ1) is 17.4. The van der Waals surface area contributed by atoms with Crippen LogP contribution in [0.15, 0.2) is 47.4 Å². The maximum atomic E-state index is 13.7. The summed E-state index contributed by atoms with van der Waals surface area (Å²) >= 11 is 6.10. The zero-order valence-electron chi connectivity index (χ0n) is 20.6. The van der Waals surface area contributed by atoms with Crippen molar-refractivity contribution in [1.82, 2.24) is 24.5 Å². The Morgan fingerprint density at radius 3 is 2.56 bits per heavy atom. The minimum Gasteiger partial charge on any atom is -0.481 e. The Morgan fingerprint density at radius 2 is 1.83 bits per heavy atom. The van der Waals surface area contributed by atoms with Crippen molar-refractivity contribution in [3.63, 3.8) is 0 Å². The average Bonchev–Trinajstić information content (AvgIpc) is 2.87. The van der Waals surface area contributed by atoms with Crippen LogP contribution in [0.1, 0.15) is 35.5 Å². The van der Waals surface area contributed by atoms with E-state index < -0.39 is 0 Å². The zero-order chi connectivity index (χ0) is 25.2. The summed E-state index contributed by atoms with van der Waals surface area (Å²) in [5.74, 6) is 0.861. The van der Waals surface area contributed by atoms with Crippen molar-refractivity contribution in [3.8, 4) is 11.6 Å². The fraction of sp³-hybridized carbons (Fsp3) is 0.370. The number of hydrogen-bond donors (Lipinski definition) is 0. The Labute approximate surface area is 214 Å². The number of rotatable bonds is 6. The van der Waals surface area contributed by atoms with Gasteiger partial charge in [0.25, 0.3) is 5.56 Å². The minimum absolute atomic E-state index is 0.0579. The van der Waals surface area contributed by atoms with E-state index in [9.17, 15) is 4.79 Å². The van der Waals surface area contributed by atoms with Crippen molar-refractivity contribution in [1.29, 1.82) is 0 Å². The highest BCUT2D eigenvalue weighted by molar-refractivity contribution is 6.30. The van der Waals surface area contributed by atoms with Crippen LogP contribution in [0.5, 0.6) is 5.88 Å². The number of hydrogen-bond acceptors (Lipinski definition) is 7. The lowest BCUT2D eigenvalue weighted by Crippen LogP contribution is -2.32. The van der Waals surface area contributed by atoms with Gasteiger partial charge in [0.15, 0.2) is 11.3 Å². The number of nitrogens with zero attached hydrogens (tertiary/aromatic N) is 5. The Kier molecular flexibility index (Phi) is 6.98. The summed E-state index contributed by atoms with van der Waals surface area (Å²) in [6.45, 7) is 4.43. The van der Waals surface area contributed by atoms with Gasteiger partial charge in [0.2, 0.25) is 5.88 Å². The van der Waals surface area contributed by atoms with Crippen LogP contribution < -0.4 is 10.3 Å². The summed E-state index contributed by atoms with van der Waals surface area (Å²) in [4.78, 5) is 32.0. The van der Waals surface area contributed by atoms with E-state index in [4.69, 9.17) is 26.1 Å². The lowest BCUT2D eigenvalue weighted by atomic mass is 9.89. The van der Waals surface area contributed by atoms with Gasteiger partial charge < -0.3 is 9.47 Å². The summed E-state index contributed by atoms with van der Waals surface area (Å²) in [6.07, 6.45) is 4.91. The maximum Gasteiger partial charge on any atom is 0.278 e. The van der Waals surface area contributed by atoms with Crippen LogP contribution in [0.25, 0.3) is 17.0 Å². The largest absolute Gasteiger partial charge is 0.481 e. The lowest BCUT2D eigenvalue weighted by Gasteiger charge is -2.29. The Morgan fingerprint density at radius 1 is 1.06 bits per heavy atom. The molecule has 5 rings (SSSR count). The standard InChI is InChI=1S/C27H28ClN5O3/c1-16-17(2)31-26-25(30-16)32-23(27(34)33(26)21-7-5-20(28)6-8-21)14-18-10-11-36-22(12-18)13-19-4-9-24(35-3)29-15-19/h4-9,15,18,22H,10-14H2,1-3H3. The molecule has 1 aromatic carbocycles. The number of halogens is 1. The molecule has 2 unspecified atom stereocenters. The van der Waals surface area contributed by atoms with Crippen molar-refractivity contribution >= 4 is 22.9 Å². The van der Waals surface area contributed by atoms with E-state index in [1.165, 1.54) is 0 Å². The molecule has 1 fully saturated rings. The third kappa shape index (κ3) is 5.10. The molecule has 3 aromatic heterocycles. The number of methoxy groups -OCH3 is 1. The molecular formula is C27H28ClN5O3. The second kappa shape index (κ2) is 10.3. The van der Waals surface area contributed by atoms with Crippen LogP contribution >= 0.6 is 11.6 Å². The van der Waals surface area contributed by atoms with Crippen molar-refractivity contribution in [2.24, 2.45) is 5.92 Å². The van der Waals surface area contributed by atoms with Crippen molar-refractivity contribution in [2.45, 2.75) is 45.6 Å². The monoisotopic (exact) mass is 505 g/mol. The molecule has 8 nitrogen and oxygen atoms in total. The van der Waals surface area contributed by atoms with Gasteiger partial charge in [0.1, 0.15) is 5.69 Å². The van der Waals surface area contributed by atoms with Gasteiger partial charge in [-0.3, -0.25) is 9.36 Å². The summed E-state index contributed by atoms with van der Waals surface area (Å²) in [5, 5.41) is 0.601. The van der Waals surface area contributed by atoms with Crippen LogP contribution in [-0.4, -0.2) is 44.3 Å². The molecule has 1 saturated heterocycles. The van der Waals surface area contributed by atoms with Gasteiger partial charge in [0, 0.05) is 30.3 Å². The summed E-state index contributed by atoms with van der Waals surface area (Å²) < 4.78 is 12.8. The van der Waals surface area contributed by atoms with Crippen molar-refractivity contribution in [2.75, 3.05) is 13.7 Å². The van der Waals surface area contributed by atoms with E-state index in [1.807, 2.05) is 44.3 Å². The highest BCUT2D eigenvalue weighted by Crippen LogP contribution is 2.26. The number of aromatic nitrogens is 5. The topological polar surface area (TPSA) is 92.0 Å². The van der Waals surface area contributed by atoms with E-state index in [-0.39, 0.29) is 17.6 Å². The summed E-state index contributed by atoms with van der Waals surface area (Å²) in [7, 11) is 1.60. The number of benzene rings is 1. The molecule has 0 bridgehead atoms. The van der Waals surface area contributed by atoms with Gasteiger partial charge in [-0.05, 0) is 68.9 Å². The van der Waals surface area contributed by atoms with E-state index in [0.29, 0.717) is 46.6 Å². The predicted octanol–water partition coefficient (Wildman–Crippen LogP) is 4.43.